The third-order valence-electron chi connectivity index (χ3n) is 4.62. The summed E-state index contributed by atoms with van der Waals surface area (Å²) in [4.78, 5) is 25.3. The summed E-state index contributed by atoms with van der Waals surface area (Å²) in [5, 5.41) is 8.77. The molecule has 0 spiro atoms. The fourth-order valence-electron chi connectivity index (χ4n) is 3.05. The van der Waals surface area contributed by atoms with E-state index in [1.165, 1.54) is 22.2 Å². The lowest BCUT2D eigenvalue weighted by Gasteiger charge is -2.13. The van der Waals surface area contributed by atoms with E-state index in [2.05, 4.69) is 12.1 Å². The van der Waals surface area contributed by atoms with Gasteiger partial charge in [-0.15, -0.1) is 0 Å². The predicted molar refractivity (Wildman–Crippen MR) is 125 cm³/mol. The predicted octanol–water partition coefficient (Wildman–Crippen LogP) is 4.38. The highest BCUT2D eigenvalue weighted by Crippen LogP contribution is 2.35. The average Bonchev–Trinajstić information content (AvgIpc) is 3.02. The number of hydrogen-bond donors (Lipinski definition) is 1. The summed E-state index contributed by atoms with van der Waals surface area (Å²) >= 11 is 6.50. The number of aliphatic carboxylic acids is 1. The minimum Gasteiger partial charge on any atom is -0.493 e. The van der Waals surface area contributed by atoms with Crippen molar-refractivity contribution in [1.82, 2.24) is 4.90 Å². The summed E-state index contributed by atoms with van der Waals surface area (Å²) in [5.41, 5.74) is 1.99. The van der Waals surface area contributed by atoms with Crippen LogP contribution >= 0.6 is 24.0 Å². The second-order valence-electron chi connectivity index (χ2n) is 6.82. The molecular formula is C23H23NO5S2. The number of methoxy groups -OCH3 is 1. The Morgan fingerprint density at radius 2 is 1.97 bits per heavy atom. The van der Waals surface area contributed by atoms with Crippen LogP contribution in [0.2, 0.25) is 0 Å². The van der Waals surface area contributed by atoms with Gasteiger partial charge in [-0.25, -0.2) is 0 Å². The van der Waals surface area contributed by atoms with Crippen molar-refractivity contribution in [3.8, 4) is 11.5 Å². The molecule has 0 saturated carbocycles. The molecule has 2 aromatic rings. The highest BCUT2D eigenvalue weighted by molar-refractivity contribution is 8.26. The second-order valence-corrected chi connectivity index (χ2v) is 8.50. The number of ether oxygens (including phenoxy) is 2. The zero-order valence-corrected chi connectivity index (χ0v) is 18.7. The summed E-state index contributed by atoms with van der Waals surface area (Å²) in [6.07, 6.45) is 2.90. The van der Waals surface area contributed by atoms with E-state index in [-0.39, 0.29) is 12.3 Å². The molecule has 2 aromatic carbocycles. The highest BCUT2D eigenvalue weighted by atomic mass is 32.2. The molecular weight excluding hydrogens is 434 g/mol. The summed E-state index contributed by atoms with van der Waals surface area (Å²) < 4.78 is 11.8. The standard InChI is InChI=1S/C23H23NO5S2/c1-28-19-14-17(9-10-18(19)29-13-11-16-6-3-2-4-7-16)15-20-22(27)24(23(30)31-20)12-5-8-21(25)26/h2-4,6-7,9-10,14-15H,5,8,11-13H2,1H3,(H,25,26)/b20-15-. The lowest BCUT2D eigenvalue weighted by Crippen LogP contribution is -2.29. The van der Waals surface area contributed by atoms with E-state index in [0.29, 0.717) is 40.3 Å². The Balaban J connectivity index is 1.64. The fourth-order valence-corrected chi connectivity index (χ4v) is 4.36. The zero-order chi connectivity index (χ0) is 22.2. The topological polar surface area (TPSA) is 76.1 Å². The number of benzene rings is 2. The molecule has 0 atom stereocenters. The summed E-state index contributed by atoms with van der Waals surface area (Å²) in [6, 6.07) is 15.6. The number of carboxylic acids is 1. The summed E-state index contributed by atoms with van der Waals surface area (Å²) in [6.45, 7) is 0.820. The van der Waals surface area contributed by atoms with Crippen LogP contribution in [0.25, 0.3) is 6.08 Å². The van der Waals surface area contributed by atoms with E-state index in [1.807, 2.05) is 36.4 Å². The van der Waals surface area contributed by atoms with E-state index in [1.54, 1.807) is 13.2 Å². The summed E-state index contributed by atoms with van der Waals surface area (Å²) in [5.74, 6) is 0.122. The molecule has 1 aliphatic rings. The van der Waals surface area contributed by atoms with Crippen molar-refractivity contribution in [2.24, 2.45) is 0 Å². The lowest BCUT2D eigenvalue weighted by atomic mass is 10.1. The minimum absolute atomic E-state index is 0.000951. The third-order valence-corrected chi connectivity index (χ3v) is 6.00. The number of carbonyl (C=O) groups is 2. The van der Waals surface area contributed by atoms with Crippen LogP contribution in [0, 0.1) is 0 Å². The zero-order valence-electron chi connectivity index (χ0n) is 17.1. The third kappa shape index (κ3) is 6.32. The smallest absolute Gasteiger partial charge is 0.303 e. The number of carbonyl (C=O) groups excluding carboxylic acids is 1. The maximum Gasteiger partial charge on any atom is 0.303 e. The van der Waals surface area contributed by atoms with Crippen molar-refractivity contribution in [1.29, 1.82) is 0 Å². The number of hydrogen-bond acceptors (Lipinski definition) is 6. The van der Waals surface area contributed by atoms with E-state index >= 15 is 0 Å². The van der Waals surface area contributed by atoms with Crippen LogP contribution in [0.15, 0.2) is 53.4 Å². The van der Waals surface area contributed by atoms with E-state index in [4.69, 9.17) is 26.8 Å². The van der Waals surface area contributed by atoms with Crippen LogP contribution in [0.5, 0.6) is 11.5 Å². The highest BCUT2D eigenvalue weighted by Gasteiger charge is 2.31. The van der Waals surface area contributed by atoms with Crippen molar-refractivity contribution in [2.45, 2.75) is 19.3 Å². The number of amides is 1. The van der Waals surface area contributed by atoms with Gasteiger partial charge in [0.25, 0.3) is 5.91 Å². The van der Waals surface area contributed by atoms with Gasteiger partial charge < -0.3 is 14.6 Å². The molecule has 1 saturated heterocycles. The molecule has 162 valence electrons. The van der Waals surface area contributed by atoms with Gasteiger partial charge >= 0.3 is 5.97 Å². The van der Waals surface area contributed by atoms with Crippen LogP contribution in [0.1, 0.15) is 24.0 Å². The normalized spacial score (nSPS) is 14.9. The minimum atomic E-state index is -0.890. The molecule has 1 heterocycles. The Labute approximate surface area is 190 Å². The molecule has 3 rings (SSSR count). The maximum absolute atomic E-state index is 12.6. The Bertz CT molecular complexity index is 991. The quantitative estimate of drug-likeness (QED) is 0.419. The SMILES string of the molecule is COc1cc(/C=C2\SC(=S)N(CCCC(=O)O)C2=O)ccc1OCCc1ccccc1. The van der Waals surface area contributed by atoms with Gasteiger partial charge in [0, 0.05) is 19.4 Å². The Morgan fingerprint density at radius 1 is 1.19 bits per heavy atom. The van der Waals surface area contributed by atoms with Crippen molar-refractivity contribution in [3.63, 3.8) is 0 Å². The van der Waals surface area contributed by atoms with Gasteiger partial charge in [0.15, 0.2) is 11.5 Å². The van der Waals surface area contributed by atoms with Gasteiger partial charge in [-0.3, -0.25) is 14.5 Å². The second kappa shape index (κ2) is 11.0. The Kier molecular flexibility index (Phi) is 8.08. The van der Waals surface area contributed by atoms with Crippen LogP contribution in [0.3, 0.4) is 0 Å². The molecule has 31 heavy (non-hydrogen) atoms. The van der Waals surface area contributed by atoms with Gasteiger partial charge in [0.1, 0.15) is 4.32 Å². The molecule has 0 bridgehead atoms. The number of nitrogens with zero attached hydrogens (tertiary/aromatic N) is 1. The maximum atomic E-state index is 12.6. The molecule has 0 aromatic heterocycles. The largest absolute Gasteiger partial charge is 0.493 e. The molecule has 8 heteroatoms. The van der Waals surface area contributed by atoms with E-state index in [0.717, 1.165) is 12.0 Å². The van der Waals surface area contributed by atoms with Crippen LogP contribution in [0.4, 0.5) is 0 Å². The number of rotatable bonds is 10. The van der Waals surface area contributed by atoms with Gasteiger partial charge in [0.05, 0.1) is 18.6 Å². The molecule has 0 unspecified atom stereocenters. The first-order valence-electron chi connectivity index (χ1n) is 9.80. The average molecular weight is 458 g/mol. The molecule has 1 amide bonds. The fraction of sp³-hybridized carbons (Fsp3) is 0.261. The number of thiocarbonyl (C=S) groups is 1. The molecule has 0 radical (unpaired) electrons. The van der Waals surface area contributed by atoms with Crippen LogP contribution < -0.4 is 9.47 Å². The Hall–Kier alpha value is -2.84. The van der Waals surface area contributed by atoms with Crippen molar-refractivity contribution >= 4 is 46.3 Å². The molecule has 1 N–H and O–H groups in total. The molecule has 1 aliphatic heterocycles. The number of thioether (sulfide) groups is 1. The number of carboxylic acid groups (broad SMARTS) is 1. The van der Waals surface area contributed by atoms with Gasteiger partial charge in [-0.05, 0) is 35.8 Å². The Morgan fingerprint density at radius 3 is 2.68 bits per heavy atom. The lowest BCUT2D eigenvalue weighted by molar-refractivity contribution is -0.137. The monoisotopic (exact) mass is 457 g/mol. The van der Waals surface area contributed by atoms with Gasteiger partial charge in [-0.1, -0.05) is 60.4 Å². The van der Waals surface area contributed by atoms with E-state index in [9.17, 15) is 9.59 Å². The van der Waals surface area contributed by atoms with Crippen LogP contribution in [-0.4, -0.2) is 46.5 Å². The molecule has 0 aliphatic carbocycles. The first kappa shape index (κ1) is 22.8. The van der Waals surface area contributed by atoms with Crippen LogP contribution in [-0.2, 0) is 16.0 Å². The van der Waals surface area contributed by atoms with E-state index < -0.39 is 5.97 Å². The van der Waals surface area contributed by atoms with Crippen molar-refractivity contribution in [3.05, 3.63) is 64.6 Å². The molecule has 1 fully saturated rings. The van der Waals surface area contributed by atoms with Crippen molar-refractivity contribution < 1.29 is 24.2 Å². The van der Waals surface area contributed by atoms with Gasteiger partial charge in [-0.2, -0.15) is 0 Å². The van der Waals surface area contributed by atoms with Crippen molar-refractivity contribution in [2.75, 3.05) is 20.3 Å². The first-order chi connectivity index (χ1) is 15.0. The first-order valence-corrected chi connectivity index (χ1v) is 11.0. The van der Waals surface area contributed by atoms with Gasteiger partial charge in [0.2, 0.25) is 0 Å². The summed E-state index contributed by atoms with van der Waals surface area (Å²) in [7, 11) is 1.57. The molecule has 6 nitrogen and oxygen atoms in total.